The largest absolute Gasteiger partial charge is 0.492 e. The summed E-state index contributed by atoms with van der Waals surface area (Å²) >= 11 is 0. The third-order valence-electron chi connectivity index (χ3n) is 5.39. The van der Waals surface area contributed by atoms with Crippen molar-refractivity contribution in [2.24, 2.45) is 5.92 Å². The van der Waals surface area contributed by atoms with Crippen LogP contribution in [0.25, 0.3) is 0 Å². The lowest BCUT2D eigenvalue weighted by atomic mass is 9.89. The molecule has 2 atom stereocenters. The Morgan fingerprint density at radius 1 is 1.27 bits per heavy atom. The Labute approximate surface area is 153 Å². The Bertz CT molecular complexity index is 740. The Morgan fingerprint density at radius 3 is 2.88 bits per heavy atom. The highest BCUT2D eigenvalue weighted by Gasteiger charge is 2.48. The van der Waals surface area contributed by atoms with Crippen LogP contribution in [0, 0.1) is 5.92 Å². The van der Waals surface area contributed by atoms with Gasteiger partial charge in [-0.25, -0.2) is 0 Å². The normalized spacial score (nSPS) is 25.4. The first kappa shape index (κ1) is 17.0. The zero-order valence-corrected chi connectivity index (χ0v) is 14.7. The highest BCUT2D eigenvalue weighted by molar-refractivity contribution is 5.94. The molecule has 0 N–H and O–H groups in total. The van der Waals surface area contributed by atoms with Crippen molar-refractivity contribution in [1.82, 2.24) is 14.9 Å². The SMILES string of the molecule is O=C(c1cccnc1)N1CCO[C@]2(CCC[C@H]2COc2cccnc2)C1. The number of carbonyl (C=O) groups is 1. The number of hydrogen-bond acceptors (Lipinski definition) is 5. The van der Waals surface area contributed by atoms with Crippen LogP contribution in [0.4, 0.5) is 0 Å². The molecule has 2 fully saturated rings. The first-order chi connectivity index (χ1) is 12.8. The monoisotopic (exact) mass is 353 g/mol. The first-order valence-corrected chi connectivity index (χ1v) is 9.13. The van der Waals surface area contributed by atoms with E-state index in [4.69, 9.17) is 9.47 Å². The first-order valence-electron chi connectivity index (χ1n) is 9.13. The van der Waals surface area contributed by atoms with Crippen molar-refractivity contribution in [2.45, 2.75) is 24.9 Å². The third-order valence-corrected chi connectivity index (χ3v) is 5.39. The van der Waals surface area contributed by atoms with Gasteiger partial charge in [-0.05, 0) is 43.5 Å². The van der Waals surface area contributed by atoms with E-state index in [0.717, 1.165) is 25.0 Å². The highest BCUT2D eigenvalue weighted by atomic mass is 16.5. The van der Waals surface area contributed by atoms with Crippen LogP contribution in [0.3, 0.4) is 0 Å². The molecular formula is C20H23N3O3. The summed E-state index contributed by atoms with van der Waals surface area (Å²) in [6.07, 6.45) is 9.87. The van der Waals surface area contributed by atoms with Gasteiger partial charge in [-0.3, -0.25) is 14.8 Å². The topological polar surface area (TPSA) is 64.6 Å². The summed E-state index contributed by atoms with van der Waals surface area (Å²) in [6, 6.07) is 7.39. The number of rotatable bonds is 4. The molecule has 6 heteroatoms. The van der Waals surface area contributed by atoms with Crippen LogP contribution in [0.5, 0.6) is 5.75 Å². The van der Waals surface area contributed by atoms with E-state index in [-0.39, 0.29) is 17.4 Å². The summed E-state index contributed by atoms with van der Waals surface area (Å²) in [5, 5.41) is 0. The number of pyridine rings is 2. The van der Waals surface area contributed by atoms with E-state index < -0.39 is 0 Å². The number of ether oxygens (including phenoxy) is 2. The van der Waals surface area contributed by atoms with Gasteiger partial charge in [0.1, 0.15) is 5.75 Å². The average Bonchev–Trinajstić information content (AvgIpc) is 3.08. The zero-order chi connectivity index (χ0) is 17.8. The van der Waals surface area contributed by atoms with Gasteiger partial charge in [0.25, 0.3) is 5.91 Å². The standard InChI is InChI=1S/C20H23N3O3/c24-19(16-4-2-8-21-12-16)23-10-11-26-20(15-23)7-1-5-17(20)14-25-18-6-3-9-22-13-18/h2-4,6,8-9,12-13,17H,1,5,7,10-11,14-15H2/t17-,20+/m0/s1. The molecule has 26 heavy (non-hydrogen) atoms. The number of nitrogens with zero attached hydrogens (tertiary/aromatic N) is 3. The highest BCUT2D eigenvalue weighted by Crippen LogP contribution is 2.41. The van der Waals surface area contributed by atoms with E-state index >= 15 is 0 Å². The number of morpholine rings is 1. The molecule has 1 saturated heterocycles. The second-order valence-electron chi connectivity index (χ2n) is 6.97. The Morgan fingerprint density at radius 2 is 2.12 bits per heavy atom. The predicted molar refractivity (Wildman–Crippen MR) is 95.9 cm³/mol. The van der Waals surface area contributed by atoms with Gasteiger partial charge in [0, 0.05) is 31.1 Å². The van der Waals surface area contributed by atoms with Crippen molar-refractivity contribution in [3.05, 3.63) is 54.6 Å². The van der Waals surface area contributed by atoms with Crippen molar-refractivity contribution in [2.75, 3.05) is 26.3 Å². The minimum absolute atomic E-state index is 0.0274. The van der Waals surface area contributed by atoms with E-state index in [9.17, 15) is 4.79 Å². The van der Waals surface area contributed by atoms with Crippen LogP contribution < -0.4 is 4.74 Å². The van der Waals surface area contributed by atoms with Crippen molar-refractivity contribution in [1.29, 1.82) is 0 Å². The Hall–Kier alpha value is -2.47. The second-order valence-corrected chi connectivity index (χ2v) is 6.97. The van der Waals surface area contributed by atoms with Gasteiger partial charge >= 0.3 is 0 Å². The molecule has 2 aromatic heterocycles. The van der Waals surface area contributed by atoms with Crippen molar-refractivity contribution >= 4 is 5.91 Å². The summed E-state index contributed by atoms with van der Waals surface area (Å²) in [7, 11) is 0. The number of aromatic nitrogens is 2. The second kappa shape index (κ2) is 7.41. The van der Waals surface area contributed by atoms with Gasteiger partial charge in [-0.2, -0.15) is 0 Å². The van der Waals surface area contributed by atoms with Gasteiger partial charge in [0.15, 0.2) is 0 Å². The molecule has 1 amide bonds. The van der Waals surface area contributed by atoms with Gasteiger partial charge in [-0.15, -0.1) is 0 Å². The summed E-state index contributed by atoms with van der Waals surface area (Å²) in [4.78, 5) is 22.9. The van der Waals surface area contributed by atoms with Crippen LogP contribution in [0.2, 0.25) is 0 Å². The number of amides is 1. The van der Waals surface area contributed by atoms with E-state index in [0.29, 0.717) is 31.9 Å². The average molecular weight is 353 g/mol. The molecule has 1 spiro atoms. The number of hydrogen-bond donors (Lipinski definition) is 0. The molecule has 4 rings (SSSR count). The fourth-order valence-corrected chi connectivity index (χ4v) is 4.03. The maximum Gasteiger partial charge on any atom is 0.255 e. The molecule has 1 aliphatic carbocycles. The van der Waals surface area contributed by atoms with E-state index in [1.54, 1.807) is 30.9 Å². The van der Waals surface area contributed by atoms with Gasteiger partial charge in [0.05, 0.1) is 37.1 Å². The van der Waals surface area contributed by atoms with Gasteiger partial charge in [0.2, 0.25) is 0 Å². The van der Waals surface area contributed by atoms with E-state index in [1.807, 2.05) is 23.1 Å². The van der Waals surface area contributed by atoms with E-state index in [1.165, 1.54) is 0 Å². The molecule has 6 nitrogen and oxygen atoms in total. The quantitative estimate of drug-likeness (QED) is 0.845. The van der Waals surface area contributed by atoms with Crippen molar-refractivity contribution < 1.29 is 14.3 Å². The summed E-state index contributed by atoms with van der Waals surface area (Å²) in [5.74, 6) is 1.07. The zero-order valence-electron chi connectivity index (χ0n) is 14.7. The molecule has 136 valence electrons. The molecule has 0 bridgehead atoms. The molecule has 1 aliphatic heterocycles. The fraction of sp³-hybridized carbons (Fsp3) is 0.450. The smallest absolute Gasteiger partial charge is 0.255 e. The van der Waals surface area contributed by atoms with Crippen LogP contribution in [-0.4, -0.2) is 52.7 Å². The molecular weight excluding hydrogens is 330 g/mol. The minimum Gasteiger partial charge on any atom is -0.492 e. The summed E-state index contributed by atoms with van der Waals surface area (Å²) < 4.78 is 12.2. The molecule has 0 aromatic carbocycles. The number of carbonyl (C=O) groups excluding carboxylic acids is 1. The minimum atomic E-state index is -0.307. The summed E-state index contributed by atoms with van der Waals surface area (Å²) in [5.41, 5.74) is 0.323. The molecule has 2 aliphatic rings. The molecule has 0 radical (unpaired) electrons. The van der Waals surface area contributed by atoms with Gasteiger partial charge < -0.3 is 14.4 Å². The Balaban J connectivity index is 1.45. The maximum absolute atomic E-state index is 12.8. The maximum atomic E-state index is 12.8. The van der Waals surface area contributed by atoms with Crippen LogP contribution in [-0.2, 0) is 4.74 Å². The molecule has 3 heterocycles. The lowest BCUT2D eigenvalue weighted by Crippen LogP contribution is -2.56. The molecule has 2 aromatic rings. The fourth-order valence-electron chi connectivity index (χ4n) is 4.03. The van der Waals surface area contributed by atoms with Crippen LogP contribution in [0.1, 0.15) is 29.6 Å². The lowest BCUT2D eigenvalue weighted by Gasteiger charge is -2.44. The lowest BCUT2D eigenvalue weighted by molar-refractivity contribution is -0.126. The van der Waals surface area contributed by atoms with Crippen molar-refractivity contribution in [3.8, 4) is 5.75 Å². The third kappa shape index (κ3) is 3.42. The van der Waals surface area contributed by atoms with Crippen LogP contribution >= 0.6 is 0 Å². The van der Waals surface area contributed by atoms with E-state index in [2.05, 4.69) is 9.97 Å². The van der Waals surface area contributed by atoms with Crippen LogP contribution in [0.15, 0.2) is 49.1 Å². The Kier molecular flexibility index (Phi) is 4.84. The van der Waals surface area contributed by atoms with Crippen molar-refractivity contribution in [3.63, 3.8) is 0 Å². The van der Waals surface area contributed by atoms with Gasteiger partial charge in [-0.1, -0.05) is 0 Å². The predicted octanol–water partition coefficient (Wildman–Crippen LogP) is 2.57. The summed E-state index contributed by atoms with van der Waals surface area (Å²) in [6.45, 7) is 2.38. The molecule has 0 unspecified atom stereocenters. The molecule has 1 saturated carbocycles.